The first kappa shape index (κ1) is 24.1. The van der Waals surface area contributed by atoms with Gasteiger partial charge in [-0.05, 0) is 73.4 Å². The van der Waals surface area contributed by atoms with Gasteiger partial charge in [0.2, 0.25) is 0 Å². The maximum atomic E-state index is 14.7. The third-order valence-corrected chi connectivity index (χ3v) is 7.36. The van der Waals surface area contributed by atoms with Gasteiger partial charge in [0.15, 0.2) is 23.0 Å². The SMILES string of the molecule is O=C(O)CC1CCC(c2ccc3nc(-c4nnc(C5(c6cc(F)c(F)cc6F)C=CC=N5)o4)[nH]c3c2)CC1. The number of hydrogen-bond donors (Lipinski definition) is 2. The number of carboxylic acids is 1. The van der Waals surface area contributed by atoms with Crippen LogP contribution in [0.2, 0.25) is 0 Å². The highest BCUT2D eigenvalue weighted by Gasteiger charge is 2.41. The molecule has 1 aliphatic carbocycles. The molecule has 4 aromatic rings. The maximum absolute atomic E-state index is 14.7. The Morgan fingerprint density at radius 3 is 2.58 bits per heavy atom. The number of allylic oxidation sites excluding steroid dienone is 1. The highest BCUT2D eigenvalue weighted by molar-refractivity contribution is 5.79. The van der Waals surface area contributed by atoms with Crippen molar-refractivity contribution in [3.8, 4) is 11.7 Å². The molecule has 1 unspecified atom stereocenters. The third kappa shape index (κ3) is 4.17. The van der Waals surface area contributed by atoms with Crippen LogP contribution in [0.3, 0.4) is 0 Å². The van der Waals surface area contributed by atoms with E-state index in [4.69, 9.17) is 9.52 Å². The first-order valence-corrected chi connectivity index (χ1v) is 12.3. The molecular formula is C27H22F3N5O3. The summed E-state index contributed by atoms with van der Waals surface area (Å²) in [6.07, 6.45) is 8.21. The second-order valence-electron chi connectivity index (χ2n) is 9.74. The lowest BCUT2D eigenvalue weighted by Crippen LogP contribution is -2.23. The maximum Gasteiger partial charge on any atom is 0.303 e. The van der Waals surface area contributed by atoms with Crippen molar-refractivity contribution < 1.29 is 27.5 Å². The number of aliphatic carboxylic acids is 1. The van der Waals surface area contributed by atoms with Crippen LogP contribution >= 0.6 is 0 Å². The molecule has 0 amide bonds. The highest BCUT2D eigenvalue weighted by atomic mass is 19.2. The van der Waals surface area contributed by atoms with Crippen LogP contribution in [0.15, 0.2) is 51.9 Å². The van der Waals surface area contributed by atoms with Gasteiger partial charge in [0.25, 0.3) is 11.8 Å². The quantitative estimate of drug-likeness (QED) is 0.316. The average Bonchev–Trinajstić information content (AvgIpc) is 3.65. The normalized spacial score (nSPS) is 22.9. The third-order valence-electron chi connectivity index (χ3n) is 7.36. The van der Waals surface area contributed by atoms with Crippen molar-refractivity contribution >= 4 is 23.2 Å². The van der Waals surface area contributed by atoms with Crippen LogP contribution in [-0.4, -0.2) is 37.5 Å². The number of imidazole rings is 1. The first-order valence-electron chi connectivity index (χ1n) is 12.3. The van der Waals surface area contributed by atoms with Crippen LogP contribution in [0.5, 0.6) is 0 Å². The minimum Gasteiger partial charge on any atom is -0.481 e. The van der Waals surface area contributed by atoms with E-state index in [1.807, 2.05) is 18.2 Å². The molecule has 6 rings (SSSR count). The molecule has 1 atom stereocenters. The minimum atomic E-state index is -1.64. The molecule has 11 heteroatoms. The van der Waals surface area contributed by atoms with Crippen molar-refractivity contribution in [3.05, 3.63) is 77.0 Å². The molecule has 38 heavy (non-hydrogen) atoms. The number of aromatic amines is 1. The molecule has 0 spiro atoms. The summed E-state index contributed by atoms with van der Waals surface area (Å²) in [7, 11) is 0. The molecule has 2 N–H and O–H groups in total. The van der Waals surface area contributed by atoms with Crippen LogP contribution in [0.25, 0.3) is 22.7 Å². The predicted molar refractivity (Wildman–Crippen MR) is 131 cm³/mol. The number of rotatable bonds is 6. The van der Waals surface area contributed by atoms with Crippen molar-refractivity contribution in [3.63, 3.8) is 0 Å². The highest BCUT2D eigenvalue weighted by Crippen LogP contribution is 2.40. The molecule has 2 aromatic carbocycles. The molecule has 3 heterocycles. The summed E-state index contributed by atoms with van der Waals surface area (Å²) < 4.78 is 48.1. The van der Waals surface area contributed by atoms with Gasteiger partial charge in [-0.1, -0.05) is 6.07 Å². The summed E-state index contributed by atoms with van der Waals surface area (Å²) >= 11 is 0. The van der Waals surface area contributed by atoms with Gasteiger partial charge in [-0.2, -0.15) is 0 Å². The minimum absolute atomic E-state index is 0.0322. The van der Waals surface area contributed by atoms with Gasteiger partial charge in [-0.15, -0.1) is 10.2 Å². The Morgan fingerprint density at radius 2 is 1.84 bits per heavy atom. The van der Waals surface area contributed by atoms with Crippen molar-refractivity contribution in [2.24, 2.45) is 10.9 Å². The number of carbonyl (C=O) groups is 1. The molecular weight excluding hydrogens is 499 g/mol. The molecule has 0 radical (unpaired) electrons. The standard InChI is InChI=1S/C27H22F3N5O3/c28-18-13-20(30)19(29)12-17(18)27(8-1-9-31-27)26-35-34-25(38-26)24-32-21-7-6-16(11-22(21)33-24)15-4-2-14(3-5-15)10-23(36)37/h1,6-9,11-15H,2-5,10H2,(H,32,33)(H,36,37). The van der Waals surface area contributed by atoms with E-state index in [0.717, 1.165) is 42.8 Å². The molecule has 0 saturated heterocycles. The topological polar surface area (TPSA) is 117 Å². The van der Waals surface area contributed by atoms with E-state index in [2.05, 4.69) is 25.2 Å². The second-order valence-corrected chi connectivity index (χ2v) is 9.74. The van der Waals surface area contributed by atoms with Crippen molar-refractivity contribution in [2.45, 2.75) is 43.6 Å². The summed E-state index contributed by atoms with van der Waals surface area (Å²) in [5.74, 6) is -3.52. The number of aliphatic imine (C=N–C) groups is 1. The van der Waals surface area contributed by atoms with Crippen LogP contribution < -0.4 is 0 Å². The number of aromatic nitrogens is 4. The summed E-state index contributed by atoms with van der Waals surface area (Å²) in [4.78, 5) is 23.0. The van der Waals surface area contributed by atoms with Gasteiger partial charge in [0.1, 0.15) is 5.82 Å². The largest absolute Gasteiger partial charge is 0.481 e. The van der Waals surface area contributed by atoms with Gasteiger partial charge in [-0.25, -0.2) is 18.2 Å². The van der Waals surface area contributed by atoms with Gasteiger partial charge in [0.05, 0.1) is 11.0 Å². The summed E-state index contributed by atoms with van der Waals surface area (Å²) in [6.45, 7) is 0. The van der Waals surface area contributed by atoms with Crippen molar-refractivity contribution in [1.82, 2.24) is 20.2 Å². The Balaban J connectivity index is 1.28. The number of nitrogens with one attached hydrogen (secondary N) is 1. The van der Waals surface area contributed by atoms with E-state index >= 15 is 0 Å². The lowest BCUT2D eigenvalue weighted by molar-refractivity contribution is -0.138. The zero-order valence-electron chi connectivity index (χ0n) is 20.0. The summed E-state index contributed by atoms with van der Waals surface area (Å²) in [6, 6.07) is 7.13. The Bertz CT molecular complexity index is 1590. The zero-order chi connectivity index (χ0) is 26.4. The molecule has 2 aromatic heterocycles. The molecule has 8 nitrogen and oxygen atoms in total. The van der Waals surface area contributed by atoms with E-state index in [9.17, 15) is 18.0 Å². The van der Waals surface area contributed by atoms with E-state index in [1.54, 1.807) is 0 Å². The Labute approximate surface area is 214 Å². The first-order chi connectivity index (χ1) is 18.3. The molecule has 1 fully saturated rings. The smallest absolute Gasteiger partial charge is 0.303 e. The van der Waals surface area contributed by atoms with Crippen LogP contribution in [-0.2, 0) is 10.3 Å². The van der Waals surface area contributed by atoms with Gasteiger partial charge in [-0.3, -0.25) is 9.79 Å². The Kier molecular flexibility index (Phi) is 5.85. The fourth-order valence-electron chi connectivity index (χ4n) is 5.40. The van der Waals surface area contributed by atoms with Crippen molar-refractivity contribution in [2.75, 3.05) is 0 Å². The van der Waals surface area contributed by atoms with Crippen molar-refractivity contribution in [1.29, 1.82) is 0 Å². The summed E-state index contributed by atoms with van der Waals surface area (Å²) in [5, 5.41) is 17.1. The molecule has 0 bridgehead atoms. The lowest BCUT2D eigenvalue weighted by atomic mass is 9.77. The monoisotopic (exact) mass is 521 g/mol. The zero-order valence-corrected chi connectivity index (χ0v) is 20.0. The number of H-pyrrole nitrogens is 1. The number of hydrogen-bond acceptors (Lipinski definition) is 6. The van der Waals surface area contributed by atoms with Gasteiger partial charge < -0.3 is 14.5 Å². The summed E-state index contributed by atoms with van der Waals surface area (Å²) in [5.41, 5.74) is 0.700. The van der Waals surface area contributed by atoms with E-state index in [0.29, 0.717) is 23.3 Å². The van der Waals surface area contributed by atoms with Crippen LogP contribution in [0.1, 0.15) is 55.0 Å². The number of nitrogens with zero attached hydrogens (tertiary/aromatic N) is 4. The number of halogens is 3. The lowest BCUT2D eigenvalue weighted by Gasteiger charge is -2.27. The number of fused-ring (bicyclic) bond motifs is 1. The number of benzene rings is 2. The predicted octanol–water partition coefficient (Wildman–Crippen LogP) is 5.66. The molecule has 1 saturated carbocycles. The van der Waals surface area contributed by atoms with E-state index in [1.165, 1.54) is 18.4 Å². The average molecular weight is 521 g/mol. The molecule has 1 aliphatic heterocycles. The van der Waals surface area contributed by atoms with E-state index < -0.39 is 29.0 Å². The Hall–Kier alpha value is -4.28. The van der Waals surface area contributed by atoms with Crippen LogP contribution in [0, 0.1) is 23.4 Å². The van der Waals surface area contributed by atoms with Crippen LogP contribution in [0.4, 0.5) is 13.2 Å². The van der Waals surface area contributed by atoms with Gasteiger partial charge >= 0.3 is 5.97 Å². The fourth-order valence-corrected chi connectivity index (χ4v) is 5.40. The molecule has 2 aliphatic rings. The fraction of sp³-hybridized carbons (Fsp3) is 0.296. The van der Waals surface area contributed by atoms with Gasteiger partial charge in [0, 0.05) is 24.3 Å². The van der Waals surface area contributed by atoms with E-state index in [-0.39, 0.29) is 29.7 Å². The molecule has 194 valence electrons. The number of carboxylic acid groups (broad SMARTS) is 1. The Morgan fingerprint density at radius 1 is 1.05 bits per heavy atom. The second kappa shape index (κ2) is 9.23.